The standard InChI is InChI=1S/C17H21N3O/c1-20-8-5-16(6-9-20)19-17(21)11-13-2-3-15-12-18-7-4-14(15)10-13/h2-4,7,10,12,16H,5-6,8-9,11H2,1H3,(H,19,21). The maximum atomic E-state index is 12.2. The third-order valence-electron chi connectivity index (χ3n) is 4.15. The minimum atomic E-state index is 0.123. The van der Waals surface area contributed by atoms with Gasteiger partial charge in [0.25, 0.3) is 0 Å². The van der Waals surface area contributed by atoms with Gasteiger partial charge in [-0.3, -0.25) is 9.78 Å². The van der Waals surface area contributed by atoms with Crippen molar-refractivity contribution in [2.24, 2.45) is 0 Å². The Morgan fingerprint density at radius 2 is 2.10 bits per heavy atom. The highest BCUT2D eigenvalue weighted by Gasteiger charge is 2.18. The second-order valence-corrected chi connectivity index (χ2v) is 5.88. The summed E-state index contributed by atoms with van der Waals surface area (Å²) >= 11 is 0. The molecule has 0 bridgehead atoms. The first-order valence-electron chi connectivity index (χ1n) is 7.51. The molecule has 0 radical (unpaired) electrons. The number of nitrogens with zero attached hydrogens (tertiary/aromatic N) is 2. The first-order valence-corrected chi connectivity index (χ1v) is 7.51. The average molecular weight is 283 g/mol. The van der Waals surface area contributed by atoms with Crippen molar-refractivity contribution in [3.8, 4) is 0 Å². The van der Waals surface area contributed by atoms with Crippen LogP contribution in [0.3, 0.4) is 0 Å². The zero-order valence-electron chi connectivity index (χ0n) is 12.4. The number of fused-ring (bicyclic) bond motifs is 1. The maximum absolute atomic E-state index is 12.2. The Balaban J connectivity index is 1.60. The van der Waals surface area contributed by atoms with Gasteiger partial charge in [-0.1, -0.05) is 18.2 Å². The average Bonchev–Trinajstić information content (AvgIpc) is 2.49. The van der Waals surface area contributed by atoms with E-state index in [9.17, 15) is 4.79 Å². The molecule has 2 heterocycles. The lowest BCUT2D eigenvalue weighted by molar-refractivity contribution is -0.121. The van der Waals surface area contributed by atoms with E-state index in [0.717, 1.165) is 42.3 Å². The third-order valence-corrected chi connectivity index (χ3v) is 4.15. The fourth-order valence-electron chi connectivity index (χ4n) is 2.86. The Hall–Kier alpha value is -1.94. The van der Waals surface area contributed by atoms with E-state index in [1.54, 1.807) is 6.20 Å². The van der Waals surface area contributed by atoms with Crippen LogP contribution in [0.4, 0.5) is 0 Å². The minimum absolute atomic E-state index is 0.123. The Morgan fingerprint density at radius 1 is 1.29 bits per heavy atom. The summed E-state index contributed by atoms with van der Waals surface area (Å²) in [6.45, 7) is 2.13. The number of carbonyl (C=O) groups is 1. The van der Waals surface area contributed by atoms with Crippen molar-refractivity contribution in [2.45, 2.75) is 25.3 Å². The van der Waals surface area contributed by atoms with Crippen molar-refractivity contribution in [3.05, 3.63) is 42.2 Å². The van der Waals surface area contributed by atoms with E-state index in [4.69, 9.17) is 0 Å². The van der Waals surface area contributed by atoms with Gasteiger partial charge in [0.1, 0.15) is 0 Å². The number of likely N-dealkylation sites (tertiary alicyclic amines) is 1. The molecule has 3 rings (SSSR count). The van der Waals surface area contributed by atoms with Gasteiger partial charge in [0.15, 0.2) is 0 Å². The normalized spacial score (nSPS) is 17.0. The van der Waals surface area contributed by atoms with Crippen molar-refractivity contribution >= 4 is 16.7 Å². The highest BCUT2D eigenvalue weighted by atomic mass is 16.1. The molecular weight excluding hydrogens is 262 g/mol. The number of amides is 1. The second kappa shape index (κ2) is 6.22. The van der Waals surface area contributed by atoms with Gasteiger partial charge in [0.2, 0.25) is 5.91 Å². The Kier molecular flexibility index (Phi) is 4.15. The van der Waals surface area contributed by atoms with E-state index in [0.29, 0.717) is 12.5 Å². The first kappa shape index (κ1) is 14.0. The minimum Gasteiger partial charge on any atom is -0.353 e. The predicted octanol–water partition coefficient (Wildman–Crippen LogP) is 1.99. The van der Waals surface area contributed by atoms with Crippen LogP contribution in [0.1, 0.15) is 18.4 Å². The molecule has 0 saturated carbocycles. The summed E-state index contributed by atoms with van der Waals surface area (Å²) in [5.41, 5.74) is 1.05. The molecular formula is C17H21N3O. The quantitative estimate of drug-likeness (QED) is 0.937. The molecule has 0 atom stereocenters. The zero-order valence-corrected chi connectivity index (χ0v) is 12.4. The number of piperidine rings is 1. The molecule has 1 aliphatic rings. The van der Waals surface area contributed by atoms with Gasteiger partial charge in [-0.25, -0.2) is 0 Å². The van der Waals surface area contributed by atoms with E-state index in [2.05, 4.69) is 28.3 Å². The van der Waals surface area contributed by atoms with Gasteiger partial charge in [-0.15, -0.1) is 0 Å². The van der Waals surface area contributed by atoms with Gasteiger partial charge in [0.05, 0.1) is 6.42 Å². The molecule has 0 spiro atoms. The highest BCUT2D eigenvalue weighted by molar-refractivity contribution is 5.84. The summed E-state index contributed by atoms with van der Waals surface area (Å²) in [7, 11) is 2.13. The molecule has 0 aliphatic carbocycles. The van der Waals surface area contributed by atoms with Crippen molar-refractivity contribution in [2.75, 3.05) is 20.1 Å². The van der Waals surface area contributed by atoms with Gasteiger partial charge < -0.3 is 10.2 Å². The highest BCUT2D eigenvalue weighted by Crippen LogP contribution is 2.15. The molecule has 1 saturated heterocycles. The van der Waals surface area contributed by atoms with E-state index in [1.165, 1.54) is 0 Å². The van der Waals surface area contributed by atoms with Gasteiger partial charge >= 0.3 is 0 Å². The molecule has 1 aromatic carbocycles. The number of aromatic nitrogens is 1. The first-order chi connectivity index (χ1) is 10.2. The van der Waals surface area contributed by atoms with E-state index < -0.39 is 0 Å². The lowest BCUT2D eigenvalue weighted by Gasteiger charge is -2.29. The van der Waals surface area contributed by atoms with E-state index >= 15 is 0 Å². The lowest BCUT2D eigenvalue weighted by Crippen LogP contribution is -2.43. The van der Waals surface area contributed by atoms with Crippen molar-refractivity contribution in [3.63, 3.8) is 0 Å². The SMILES string of the molecule is CN1CCC(NC(=O)Cc2ccc3cnccc3c2)CC1. The molecule has 1 aromatic heterocycles. The van der Waals surface area contributed by atoms with Gasteiger partial charge in [-0.05, 0) is 50.0 Å². The van der Waals surface area contributed by atoms with Crippen LogP contribution in [0.25, 0.3) is 10.8 Å². The maximum Gasteiger partial charge on any atom is 0.224 e. The number of hydrogen-bond acceptors (Lipinski definition) is 3. The number of carbonyl (C=O) groups excluding carboxylic acids is 1. The van der Waals surface area contributed by atoms with Crippen LogP contribution in [-0.2, 0) is 11.2 Å². The van der Waals surface area contributed by atoms with Crippen LogP contribution in [0.15, 0.2) is 36.7 Å². The summed E-state index contributed by atoms with van der Waals surface area (Å²) in [5, 5.41) is 5.40. The Bertz CT molecular complexity index is 633. The topological polar surface area (TPSA) is 45.2 Å². The predicted molar refractivity (Wildman–Crippen MR) is 84.1 cm³/mol. The number of nitrogens with one attached hydrogen (secondary N) is 1. The molecule has 4 heteroatoms. The van der Waals surface area contributed by atoms with Crippen LogP contribution >= 0.6 is 0 Å². The van der Waals surface area contributed by atoms with Gasteiger partial charge in [0, 0.05) is 23.8 Å². The van der Waals surface area contributed by atoms with E-state index in [-0.39, 0.29) is 5.91 Å². The molecule has 1 N–H and O–H groups in total. The molecule has 110 valence electrons. The Labute approximate surface area is 125 Å². The van der Waals surface area contributed by atoms with Crippen molar-refractivity contribution in [1.29, 1.82) is 0 Å². The van der Waals surface area contributed by atoms with Crippen LogP contribution < -0.4 is 5.32 Å². The third kappa shape index (κ3) is 3.58. The molecule has 1 fully saturated rings. The number of benzene rings is 1. The molecule has 1 amide bonds. The summed E-state index contributed by atoms with van der Waals surface area (Å²) in [6.07, 6.45) is 6.17. The van der Waals surface area contributed by atoms with Crippen LogP contribution in [0, 0.1) is 0 Å². The zero-order chi connectivity index (χ0) is 14.7. The molecule has 0 unspecified atom stereocenters. The molecule has 21 heavy (non-hydrogen) atoms. The summed E-state index contributed by atoms with van der Waals surface area (Å²) in [5.74, 6) is 0.123. The fourth-order valence-corrected chi connectivity index (χ4v) is 2.86. The molecule has 2 aromatic rings. The number of pyridine rings is 1. The van der Waals surface area contributed by atoms with Crippen molar-refractivity contribution in [1.82, 2.24) is 15.2 Å². The molecule has 1 aliphatic heterocycles. The largest absolute Gasteiger partial charge is 0.353 e. The van der Waals surface area contributed by atoms with Crippen molar-refractivity contribution < 1.29 is 4.79 Å². The lowest BCUT2D eigenvalue weighted by atomic mass is 10.0. The number of rotatable bonds is 3. The summed E-state index contributed by atoms with van der Waals surface area (Å²) in [6, 6.07) is 8.43. The second-order valence-electron chi connectivity index (χ2n) is 5.88. The van der Waals surface area contributed by atoms with E-state index in [1.807, 2.05) is 24.4 Å². The smallest absolute Gasteiger partial charge is 0.224 e. The number of hydrogen-bond donors (Lipinski definition) is 1. The Morgan fingerprint density at radius 3 is 2.90 bits per heavy atom. The fraction of sp³-hybridized carbons (Fsp3) is 0.412. The summed E-state index contributed by atoms with van der Waals surface area (Å²) in [4.78, 5) is 18.6. The molecule has 4 nitrogen and oxygen atoms in total. The van der Waals surface area contributed by atoms with Gasteiger partial charge in [-0.2, -0.15) is 0 Å². The van der Waals surface area contributed by atoms with Crippen LogP contribution in [0.2, 0.25) is 0 Å². The monoisotopic (exact) mass is 283 g/mol. The summed E-state index contributed by atoms with van der Waals surface area (Å²) < 4.78 is 0. The van der Waals surface area contributed by atoms with Crippen LogP contribution in [-0.4, -0.2) is 42.0 Å². The van der Waals surface area contributed by atoms with Crippen LogP contribution in [0.5, 0.6) is 0 Å².